The topological polar surface area (TPSA) is 72.9 Å². The highest BCUT2D eigenvalue weighted by Crippen LogP contribution is 2.19. The molecule has 23 heavy (non-hydrogen) atoms. The van der Waals surface area contributed by atoms with E-state index in [0.29, 0.717) is 16.8 Å². The summed E-state index contributed by atoms with van der Waals surface area (Å²) in [5.41, 5.74) is 4.06. The minimum absolute atomic E-state index is 0.145. The van der Waals surface area contributed by atoms with Gasteiger partial charge >= 0.3 is 0 Å². The molecule has 0 fully saturated rings. The van der Waals surface area contributed by atoms with Gasteiger partial charge in [0.1, 0.15) is 0 Å². The number of hydrogen-bond donors (Lipinski definition) is 2. The minimum Gasteiger partial charge on any atom is -0.378 e. The highest BCUT2D eigenvalue weighted by Gasteiger charge is 2.15. The molecule has 120 valence electrons. The molecule has 0 heterocycles. The zero-order valence-electron chi connectivity index (χ0n) is 13.3. The fourth-order valence-corrected chi connectivity index (χ4v) is 2.13. The Morgan fingerprint density at radius 3 is 2.13 bits per heavy atom. The molecule has 0 radical (unpaired) electrons. The zero-order valence-corrected chi connectivity index (χ0v) is 13.3. The number of carbonyl (C=O) groups is 2. The summed E-state index contributed by atoms with van der Waals surface area (Å²) < 4.78 is 0. The number of anilines is 2. The molecule has 2 aromatic carbocycles. The van der Waals surface area contributed by atoms with Crippen molar-refractivity contribution >= 4 is 23.2 Å². The van der Waals surface area contributed by atoms with Crippen molar-refractivity contribution in [3.63, 3.8) is 0 Å². The van der Waals surface area contributed by atoms with Crippen LogP contribution in [0.3, 0.4) is 0 Å². The second-order valence-electron chi connectivity index (χ2n) is 5.30. The highest BCUT2D eigenvalue weighted by molar-refractivity contribution is 6.06. The van der Waals surface area contributed by atoms with E-state index in [9.17, 15) is 9.59 Å². The Kier molecular flexibility index (Phi) is 4.98. The molecular weight excluding hydrogens is 294 g/mol. The Bertz CT molecular complexity index is 711. The number of rotatable bonds is 4. The average Bonchev–Trinajstić information content (AvgIpc) is 2.60. The molecule has 0 saturated heterocycles. The summed E-state index contributed by atoms with van der Waals surface area (Å²) in [5.74, 6) is -0.739. The molecule has 2 aromatic rings. The van der Waals surface area contributed by atoms with Gasteiger partial charge in [-0.1, -0.05) is 6.07 Å². The quantitative estimate of drug-likeness (QED) is 0.670. The SMILES string of the molecule is CN(C)c1cccc(C(=O)N(C)c2ccc(C(=O)NO)cc2)c1. The Morgan fingerprint density at radius 1 is 0.913 bits per heavy atom. The summed E-state index contributed by atoms with van der Waals surface area (Å²) in [6.45, 7) is 0. The first-order chi connectivity index (χ1) is 10.9. The third kappa shape index (κ3) is 3.67. The number of hydroxylamine groups is 1. The lowest BCUT2D eigenvalue weighted by molar-refractivity contribution is 0.0706. The van der Waals surface area contributed by atoms with Crippen molar-refractivity contribution in [3.05, 3.63) is 59.7 Å². The van der Waals surface area contributed by atoms with Gasteiger partial charge in [0.25, 0.3) is 11.8 Å². The summed E-state index contributed by atoms with van der Waals surface area (Å²) in [6.07, 6.45) is 0. The van der Waals surface area contributed by atoms with Crippen LogP contribution >= 0.6 is 0 Å². The van der Waals surface area contributed by atoms with Gasteiger partial charge in [0.2, 0.25) is 0 Å². The van der Waals surface area contributed by atoms with Crippen LogP contribution in [0.5, 0.6) is 0 Å². The first-order valence-corrected chi connectivity index (χ1v) is 7.04. The Morgan fingerprint density at radius 2 is 1.57 bits per heavy atom. The molecule has 0 spiro atoms. The Balaban J connectivity index is 2.22. The molecule has 0 bridgehead atoms. The molecule has 0 aliphatic carbocycles. The molecule has 2 amide bonds. The Hall–Kier alpha value is -2.86. The molecule has 0 aliphatic heterocycles. The lowest BCUT2D eigenvalue weighted by Gasteiger charge is -2.19. The van der Waals surface area contributed by atoms with Crippen LogP contribution in [0.4, 0.5) is 11.4 Å². The summed E-state index contributed by atoms with van der Waals surface area (Å²) in [5, 5.41) is 8.61. The first-order valence-electron chi connectivity index (χ1n) is 7.04. The van der Waals surface area contributed by atoms with Crippen molar-refractivity contribution in [2.45, 2.75) is 0 Å². The fourth-order valence-electron chi connectivity index (χ4n) is 2.13. The van der Waals surface area contributed by atoms with Gasteiger partial charge in [0.05, 0.1) is 0 Å². The van der Waals surface area contributed by atoms with Crippen LogP contribution in [0.25, 0.3) is 0 Å². The second-order valence-corrected chi connectivity index (χ2v) is 5.30. The van der Waals surface area contributed by atoms with Gasteiger partial charge in [-0.15, -0.1) is 0 Å². The number of nitrogens with one attached hydrogen (secondary N) is 1. The molecular formula is C17H19N3O3. The van der Waals surface area contributed by atoms with E-state index in [2.05, 4.69) is 0 Å². The molecule has 6 nitrogen and oxygen atoms in total. The smallest absolute Gasteiger partial charge is 0.274 e. The van der Waals surface area contributed by atoms with Gasteiger partial charge in [-0.05, 0) is 42.5 Å². The maximum atomic E-state index is 12.6. The van der Waals surface area contributed by atoms with Gasteiger partial charge in [-0.25, -0.2) is 5.48 Å². The van der Waals surface area contributed by atoms with E-state index in [1.807, 2.05) is 37.2 Å². The maximum Gasteiger partial charge on any atom is 0.274 e. The summed E-state index contributed by atoms with van der Waals surface area (Å²) in [4.78, 5) is 27.3. The Labute approximate surface area is 134 Å². The monoisotopic (exact) mass is 313 g/mol. The lowest BCUT2D eigenvalue weighted by atomic mass is 10.1. The number of amides is 2. The molecule has 2 N–H and O–H groups in total. The average molecular weight is 313 g/mol. The van der Waals surface area contributed by atoms with Crippen LogP contribution in [0.1, 0.15) is 20.7 Å². The lowest BCUT2D eigenvalue weighted by Crippen LogP contribution is -2.26. The number of carbonyl (C=O) groups excluding carboxylic acids is 2. The second kappa shape index (κ2) is 6.93. The molecule has 6 heteroatoms. The first kappa shape index (κ1) is 16.5. The van der Waals surface area contributed by atoms with Gasteiger partial charge in [0.15, 0.2) is 0 Å². The van der Waals surface area contributed by atoms with E-state index in [4.69, 9.17) is 5.21 Å². The largest absolute Gasteiger partial charge is 0.378 e. The van der Waals surface area contributed by atoms with Gasteiger partial charge in [-0.3, -0.25) is 14.8 Å². The zero-order chi connectivity index (χ0) is 17.0. The van der Waals surface area contributed by atoms with Gasteiger partial charge in [-0.2, -0.15) is 0 Å². The van der Waals surface area contributed by atoms with Crippen molar-refractivity contribution < 1.29 is 14.8 Å². The van der Waals surface area contributed by atoms with Crippen LogP contribution in [0.2, 0.25) is 0 Å². The normalized spacial score (nSPS) is 10.1. The van der Waals surface area contributed by atoms with Crippen molar-refractivity contribution in [2.75, 3.05) is 30.9 Å². The van der Waals surface area contributed by atoms with Gasteiger partial charge in [0, 0.05) is 43.6 Å². The van der Waals surface area contributed by atoms with Gasteiger partial charge < -0.3 is 9.80 Å². The summed E-state index contributed by atoms with van der Waals surface area (Å²) in [7, 11) is 5.50. The number of benzene rings is 2. The van der Waals surface area contributed by atoms with Crippen LogP contribution in [-0.2, 0) is 0 Å². The number of nitrogens with zero attached hydrogens (tertiary/aromatic N) is 2. The van der Waals surface area contributed by atoms with Crippen molar-refractivity contribution in [1.82, 2.24) is 5.48 Å². The minimum atomic E-state index is -0.593. The summed E-state index contributed by atoms with van der Waals surface area (Å²) >= 11 is 0. The van der Waals surface area contributed by atoms with Crippen molar-refractivity contribution in [1.29, 1.82) is 0 Å². The molecule has 0 unspecified atom stereocenters. The highest BCUT2D eigenvalue weighted by atomic mass is 16.5. The van der Waals surface area contributed by atoms with E-state index in [1.54, 1.807) is 42.9 Å². The summed E-state index contributed by atoms with van der Waals surface area (Å²) in [6, 6.07) is 13.7. The number of hydrogen-bond acceptors (Lipinski definition) is 4. The predicted molar refractivity (Wildman–Crippen MR) is 89.2 cm³/mol. The third-order valence-corrected chi connectivity index (χ3v) is 3.53. The third-order valence-electron chi connectivity index (χ3n) is 3.53. The van der Waals surface area contributed by atoms with E-state index < -0.39 is 5.91 Å². The van der Waals surface area contributed by atoms with E-state index in [-0.39, 0.29) is 5.91 Å². The molecule has 0 saturated carbocycles. The fraction of sp³-hybridized carbons (Fsp3) is 0.176. The molecule has 0 atom stereocenters. The van der Waals surface area contributed by atoms with Crippen molar-refractivity contribution in [2.24, 2.45) is 0 Å². The van der Waals surface area contributed by atoms with Crippen LogP contribution < -0.4 is 15.3 Å². The van der Waals surface area contributed by atoms with Crippen LogP contribution in [-0.4, -0.2) is 38.2 Å². The van der Waals surface area contributed by atoms with Crippen molar-refractivity contribution in [3.8, 4) is 0 Å². The molecule has 0 aliphatic rings. The van der Waals surface area contributed by atoms with Crippen LogP contribution in [0.15, 0.2) is 48.5 Å². The standard InChI is InChI=1S/C17H19N3O3/c1-19(2)15-6-4-5-13(11-15)17(22)20(3)14-9-7-12(8-10-14)16(21)18-23/h4-11,23H,1-3H3,(H,18,21). The molecule has 0 aromatic heterocycles. The van der Waals surface area contributed by atoms with Crippen LogP contribution in [0, 0.1) is 0 Å². The van der Waals surface area contributed by atoms with E-state index in [1.165, 1.54) is 4.90 Å². The maximum absolute atomic E-state index is 12.6. The predicted octanol–water partition coefficient (Wildman–Crippen LogP) is 2.15. The van der Waals surface area contributed by atoms with E-state index >= 15 is 0 Å². The molecule has 2 rings (SSSR count). The van der Waals surface area contributed by atoms with E-state index in [0.717, 1.165) is 5.69 Å².